The molecule has 5 nitrogen and oxygen atoms in total. The Hall–Kier alpha value is -2.60. The molecule has 6 heteroatoms. The van der Waals surface area contributed by atoms with Crippen molar-refractivity contribution in [3.05, 3.63) is 59.9 Å². The molecule has 0 N–H and O–H groups in total. The Bertz CT molecular complexity index is 817. The number of hydrogen-bond donors (Lipinski definition) is 0. The molecule has 2 saturated heterocycles. The van der Waals surface area contributed by atoms with Crippen molar-refractivity contribution < 1.29 is 13.9 Å². The molecule has 2 fully saturated rings. The van der Waals surface area contributed by atoms with Gasteiger partial charge in [0.1, 0.15) is 11.6 Å². The monoisotopic (exact) mass is 397 g/mol. The van der Waals surface area contributed by atoms with Crippen LogP contribution in [0.15, 0.2) is 48.5 Å². The van der Waals surface area contributed by atoms with E-state index in [4.69, 9.17) is 4.74 Å². The van der Waals surface area contributed by atoms with Gasteiger partial charge < -0.3 is 14.5 Å². The van der Waals surface area contributed by atoms with E-state index in [-0.39, 0.29) is 11.7 Å². The summed E-state index contributed by atoms with van der Waals surface area (Å²) < 4.78 is 18.3. The molecule has 0 unspecified atom stereocenters. The number of halogens is 1. The molecule has 0 aromatic heterocycles. The van der Waals surface area contributed by atoms with Crippen molar-refractivity contribution in [2.75, 3.05) is 51.3 Å². The summed E-state index contributed by atoms with van der Waals surface area (Å²) in [6.45, 7) is 5.38. The van der Waals surface area contributed by atoms with Gasteiger partial charge in [-0.15, -0.1) is 0 Å². The molecule has 2 aromatic carbocycles. The lowest BCUT2D eigenvalue weighted by atomic mass is 10.0. The van der Waals surface area contributed by atoms with Crippen molar-refractivity contribution in [2.45, 2.75) is 18.9 Å². The standard InChI is InChI=1S/C23H28FN3O2/c1-29-22-10-4-18(5-11-22)23(28)27-12-2-3-21(17-27)26-15-13-25(14-16-26)20-8-6-19(24)7-9-20/h4-11,21H,2-3,12-17H2,1H3/t21-/m1/s1. The van der Waals surface area contributed by atoms with E-state index >= 15 is 0 Å². The molecule has 1 amide bonds. The smallest absolute Gasteiger partial charge is 0.253 e. The van der Waals surface area contributed by atoms with Crippen molar-refractivity contribution in [3.63, 3.8) is 0 Å². The van der Waals surface area contributed by atoms with E-state index in [1.165, 1.54) is 12.1 Å². The zero-order valence-corrected chi connectivity index (χ0v) is 16.9. The summed E-state index contributed by atoms with van der Waals surface area (Å²) >= 11 is 0. The van der Waals surface area contributed by atoms with Crippen LogP contribution in [0.3, 0.4) is 0 Å². The number of likely N-dealkylation sites (tertiary alicyclic amines) is 1. The molecule has 0 aliphatic carbocycles. The maximum absolute atomic E-state index is 13.2. The lowest BCUT2D eigenvalue weighted by molar-refractivity contribution is 0.0563. The van der Waals surface area contributed by atoms with E-state index in [9.17, 15) is 9.18 Å². The minimum atomic E-state index is -0.198. The molecule has 2 aliphatic heterocycles. The van der Waals surface area contributed by atoms with Crippen LogP contribution in [-0.4, -0.2) is 68.1 Å². The van der Waals surface area contributed by atoms with Crippen LogP contribution in [-0.2, 0) is 0 Å². The topological polar surface area (TPSA) is 36.0 Å². The number of ether oxygens (including phenoxy) is 1. The largest absolute Gasteiger partial charge is 0.497 e. The van der Waals surface area contributed by atoms with Crippen molar-refractivity contribution in [3.8, 4) is 5.75 Å². The Morgan fingerprint density at radius 3 is 2.31 bits per heavy atom. The van der Waals surface area contributed by atoms with Gasteiger partial charge in [0.15, 0.2) is 0 Å². The number of methoxy groups -OCH3 is 1. The molecule has 1 atom stereocenters. The first-order chi connectivity index (χ1) is 14.1. The van der Waals surface area contributed by atoms with Gasteiger partial charge >= 0.3 is 0 Å². The van der Waals surface area contributed by atoms with Gasteiger partial charge in [-0.25, -0.2) is 4.39 Å². The highest BCUT2D eigenvalue weighted by atomic mass is 19.1. The number of rotatable bonds is 4. The zero-order valence-electron chi connectivity index (χ0n) is 16.9. The van der Waals surface area contributed by atoms with Gasteiger partial charge in [-0.2, -0.15) is 0 Å². The third-order valence-electron chi connectivity index (χ3n) is 6.04. The van der Waals surface area contributed by atoms with Crippen molar-refractivity contribution >= 4 is 11.6 Å². The van der Waals surface area contributed by atoms with Gasteiger partial charge in [-0.1, -0.05) is 0 Å². The van der Waals surface area contributed by atoms with Crippen molar-refractivity contribution in [2.24, 2.45) is 0 Å². The summed E-state index contributed by atoms with van der Waals surface area (Å²) in [7, 11) is 1.63. The predicted octanol–water partition coefficient (Wildman–Crippen LogP) is 3.26. The Balaban J connectivity index is 1.34. The number of anilines is 1. The maximum atomic E-state index is 13.2. The number of carbonyl (C=O) groups is 1. The SMILES string of the molecule is COc1ccc(C(=O)N2CCC[C@@H](N3CCN(c4ccc(F)cc4)CC3)C2)cc1. The average Bonchev–Trinajstić information content (AvgIpc) is 2.79. The Morgan fingerprint density at radius 1 is 0.966 bits per heavy atom. The second kappa shape index (κ2) is 8.82. The fourth-order valence-corrected chi connectivity index (χ4v) is 4.35. The lowest BCUT2D eigenvalue weighted by Crippen LogP contribution is -2.55. The highest BCUT2D eigenvalue weighted by molar-refractivity contribution is 5.94. The fraction of sp³-hybridized carbons (Fsp3) is 0.435. The third-order valence-corrected chi connectivity index (χ3v) is 6.04. The molecule has 2 aromatic rings. The summed E-state index contributed by atoms with van der Waals surface area (Å²) in [6.07, 6.45) is 2.16. The normalized spacial score (nSPS) is 20.6. The number of amides is 1. The minimum Gasteiger partial charge on any atom is -0.497 e. The molecule has 0 radical (unpaired) electrons. The number of piperidine rings is 1. The van der Waals surface area contributed by atoms with Crippen LogP contribution in [0.2, 0.25) is 0 Å². The number of benzene rings is 2. The van der Waals surface area contributed by atoms with Gasteiger partial charge in [-0.3, -0.25) is 9.69 Å². The Kier molecular flexibility index (Phi) is 6.00. The van der Waals surface area contributed by atoms with Gasteiger partial charge in [0, 0.05) is 56.6 Å². The Labute approximate surface area is 171 Å². The van der Waals surface area contributed by atoms with Crippen LogP contribution in [0.1, 0.15) is 23.2 Å². The highest BCUT2D eigenvalue weighted by Gasteiger charge is 2.30. The molecule has 0 spiro atoms. The fourth-order valence-electron chi connectivity index (χ4n) is 4.35. The van der Waals surface area contributed by atoms with Crippen molar-refractivity contribution in [1.29, 1.82) is 0 Å². The van der Waals surface area contributed by atoms with Gasteiger partial charge in [0.05, 0.1) is 7.11 Å². The first kappa shape index (κ1) is 19.7. The molecule has 154 valence electrons. The molecular formula is C23H28FN3O2. The molecule has 2 aliphatic rings. The van der Waals surface area contributed by atoms with E-state index in [0.717, 1.165) is 63.5 Å². The van der Waals surface area contributed by atoms with Gasteiger partial charge in [0.2, 0.25) is 0 Å². The first-order valence-electron chi connectivity index (χ1n) is 10.3. The average molecular weight is 397 g/mol. The second-order valence-corrected chi connectivity index (χ2v) is 7.78. The van der Waals surface area contributed by atoms with Crippen LogP contribution in [0.25, 0.3) is 0 Å². The summed E-state index contributed by atoms with van der Waals surface area (Å²) in [5.74, 6) is 0.663. The molecule has 4 rings (SSSR count). The summed E-state index contributed by atoms with van der Waals surface area (Å²) in [5.41, 5.74) is 1.79. The number of carbonyl (C=O) groups excluding carboxylic acids is 1. The number of nitrogens with zero attached hydrogens (tertiary/aromatic N) is 3. The highest BCUT2D eigenvalue weighted by Crippen LogP contribution is 2.23. The first-order valence-corrected chi connectivity index (χ1v) is 10.3. The molecule has 29 heavy (non-hydrogen) atoms. The summed E-state index contributed by atoms with van der Waals surface area (Å²) in [6, 6.07) is 14.5. The van der Waals surface area contributed by atoms with Gasteiger partial charge in [0.25, 0.3) is 5.91 Å². The minimum absolute atomic E-state index is 0.0994. The quantitative estimate of drug-likeness (QED) is 0.794. The predicted molar refractivity (Wildman–Crippen MR) is 112 cm³/mol. The van der Waals surface area contributed by atoms with E-state index in [0.29, 0.717) is 11.6 Å². The summed E-state index contributed by atoms with van der Waals surface area (Å²) in [5, 5.41) is 0. The van der Waals surface area contributed by atoms with E-state index < -0.39 is 0 Å². The van der Waals surface area contributed by atoms with E-state index in [1.54, 1.807) is 7.11 Å². The van der Waals surface area contributed by atoms with Crippen LogP contribution < -0.4 is 9.64 Å². The van der Waals surface area contributed by atoms with Crippen LogP contribution in [0.4, 0.5) is 10.1 Å². The number of hydrogen-bond acceptors (Lipinski definition) is 4. The maximum Gasteiger partial charge on any atom is 0.253 e. The van der Waals surface area contributed by atoms with Crippen LogP contribution in [0.5, 0.6) is 5.75 Å². The zero-order chi connectivity index (χ0) is 20.2. The molecule has 0 saturated carbocycles. The lowest BCUT2D eigenvalue weighted by Gasteiger charge is -2.44. The molecule has 0 bridgehead atoms. The third kappa shape index (κ3) is 4.53. The van der Waals surface area contributed by atoms with Crippen LogP contribution >= 0.6 is 0 Å². The van der Waals surface area contributed by atoms with E-state index in [2.05, 4.69) is 9.80 Å². The molecule has 2 heterocycles. The Morgan fingerprint density at radius 2 is 1.66 bits per heavy atom. The van der Waals surface area contributed by atoms with Crippen molar-refractivity contribution in [1.82, 2.24) is 9.80 Å². The van der Waals surface area contributed by atoms with E-state index in [1.807, 2.05) is 41.3 Å². The number of piperazine rings is 1. The second-order valence-electron chi connectivity index (χ2n) is 7.78. The summed E-state index contributed by atoms with van der Waals surface area (Å²) in [4.78, 5) is 19.7. The van der Waals surface area contributed by atoms with Crippen LogP contribution in [0, 0.1) is 5.82 Å². The molecular weight excluding hydrogens is 369 g/mol. The van der Waals surface area contributed by atoms with Gasteiger partial charge in [-0.05, 0) is 61.4 Å².